The number of likely N-dealkylation sites (N-methyl/N-ethyl adjacent to an activating group) is 1. The number of amides is 1. The Morgan fingerprint density at radius 3 is 2.81 bits per heavy atom. The average Bonchev–Trinajstić information content (AvgIpc) is 2.83. The number of sulfonamides is 1. The highest BCUT2D eigenvalue weighted by molar-refractivity contribution is 7.93. The second-order valence-corrected chi connectivity index (χ2v) is 7.20. The predicted octanol–water partition coefficient (Wildman–Crippen LogP) is 0.564. The summed E-state index contributed by atoms with van der Waals surface area (Å²) < 4.78 is 25.2. The molecule has 1 fully saturated rings. The average molecular weight is 311 g/mol. The maximum atomic E-state index is 12.1. The van der Waals surface area contributed by atoms with Gasteiger partial charge in [-0.1, -0.05) is 6.07 Å². The van der Waals surface area contributed by atoms with Crippen molar-refractivity contribution >= 4 is 21.6 Å². The third-order valence-corrected chi connectivity index (χ3v) is 5.43. The molecule has 0 bridgehead atoms. The van der Waals surface area contributed by atoms with Crippen LogP contribution < -0.4 is 14.9 Å². The van der Waals surface area contributed by atoms with Gasteiger partial charge >= 0.3 is 0 Å². The van der Waals surface area contributed by atoms with Crippen molar-refractivity contribution in [3.05, 3.63) is 29.8 Å². The molecule has 1 aliphatic heterocycles. The van der Waals surface area contributed by atoms with Crippen LogP contribution in [-0.4, -0.2) is 46.3 Å². The second kappa shape index (κ2) is 6.44. The molecule has 7 heteroatoms. The van der Waals surface area contributed by atoms with Gasteiger partial charge in [-0.3, -0.25) is 9.10 Å². The second-order valence-electron chi connectivity index (χ2n) is 5.19. The SMILES string of the molecule is CNC(C)CNC(=O)c1cccc(N2CCCS2(=O)=O)c1. The van der Waals surface area contributed by atoms with E-state index in [1.54, 1.807) is 24.3 Å². The zero-order valence-electron chi connectivity index (χ0n) is 12.3. The van der Waals surface area contributed by atoms with Gasteiger partial charge in [0.05, 0.1) is 11.4 Å². The van der Waals surface area contributed by atoms with Gasteiger partial charge in [0, 0.05) is 24.7 Å². The maximum Gasteiger partial charge on any atom is 0.251 e. The van der Waals surface area contributed by atoms with Crippen LogP contribution in [0.5, 0.6) is 0 Å². The number of carbonyl (C=O) groups is 1. The number of benzene rings is 1. The van der Waals surface area contributed by atoms with E-state index >= 15 is 0 Å². The van der Waals surface area contributed by atoms with Gasteiger partial charge in [0.2, 0.25) is 10.0 Å². The van der Waals surface area contributed by atoms with E-state index in [1.165, 1.54) is 4.31 Å². The lowest BCUT2D eigenvalue weighted by atomic mass is 10.2. The lowest BCUT2D eigenvalue weighted by molar-refractivity contribution is 0.0950. The minimum absolute atomic E-state index is 0.170. The van der Waals surface area contributed by atoms with Crippen LogP contribution in [0.3, 0.4) is 0 Å². The molecular weight excluding hydrogens is 290 g/mol. The summed E-state index contributed by atoms with van der Waals surface area (Å²) >= 11 is 0. The molecule has 1 heterocycles. The van der Waals surface area contributed by atoms with E-state index in [-0.39, 0.29) is 17.7 Å². The molecule has 1 aromatic rings. The Kier molecular flexibility index (Phi) is 4.84. The zero-order valence-corrected chi connectivity index (χ0v) is 13.1. The molecule has 1 unspecified atom stereocenters. The van der Waals surface area contributed by atoms with Crippen molar-refractivity contribution < 1.29 is 13.2 Å². The van der Waals surface area contributed by atoms with Gasteiger partial charge in [0.1, 0.15) is 0 Å². The molecule has 0 aliphatic carbocycles. The molecule has 0 saturated carbocycles. The third-order valence-electron chi connectivity index (χ3n) is 3.56. The van der Waals surface area contributed by atoms with Crippen LogP contribution in [0, 0.1) is 0 Å². The van der Waals surface area contributed by atoms with Crippen LogP contribution in [0.25, 0.3) is 0 Å². The molecule has 21 heavy (non-hydrogen) atoms. The molecule has 2 N–H and O–H groups in total. The summed E-state index contributed by atoms with van der Waals surface area (Å²) in [5, 5.41) is 5.86. The molecule has 1 aromatic carbocycles. The highest BCUT2D eigenvalue weighted by Crippen LogP contribution is 2.24. The van der Waals surface area contributed by atoms with E-state index in [4.69, 9.17) is 0 Å². The summed E-state index contributed by atoms with van der Waals surface area (Å²) in [7, 11) is -1.39. The molecular formula is C14H21N3O3S. The van der Waals surface area contributed by atoms with E-state index in [9.17, 15) is 13.2 Å². The molecule has 0 spiro atoms. The Bertz CT molecular complexity index is 616. The van der Waals surface area contributed by atoms with Crippen LogP contribution in [0.15, 0.2) is 24.3 Å². The Hall–Kier alpha value is -1.60. The Morgan fingerprint density at radius 2 is 2.19 bits per heavy atom. The fourth-order valence-electron chi connectivity index (χ4n) is 2.18. The van der Waals surface area contributed by atoms with Gasteiger partial charge in [-0.05, 0) is 38.6 Å². The molecule has 0 radical (unpaired) electrons. The summed E-state index contributed by atoms with van der Waals surface area (Å²) in [4.78, 5) is 12.1. The Balaban J connectivity index is 2.13. The van der Waals surface area contributed by atoms with Gasteiger partial charge in [0.15, 0.2) is 0 Å². The lowest BCUT2D eigenvalue weighted by Gasteiger charge is -2.18. The van der Waals surface area contributed by atoms with Crippen LogP contribution in [0.4, 0.5) is 5.69 Å². The highest BCUT2D eigenvalue weighted by Gasteiger charge is 2.28. The lowest BCUT2D eigenvalue weighted by Crippen LogP contribution is -2.37. The van der Waals surface area contributed by atoms with Crippen LogP contribution in [0.1, 0.15) is 23.7 Å². The standard InChI is InChI=1S/C14H21N3O3S/c1-11(15-2)10-16-14(18)12-5-3-6-13(9-12)17-7-4-8-21(17,19)20/h3,5-6,9,11,15H,4,7-8,10H2,1-2H3,(H,16,18). The smallest absolute Gasteiger partial charge is 0.251 e. The van der Waals surface area contributed by atoms with Gasteiger partial charge in [-0.2, -0.15) is 0 Å². The normalized spacial score (nSPS) is 18.5. The van der Waals surface area contributed by atoms with Crippen molar-refractivity contribution in [3.8, 4) is 0 Å². The van der Waals surface area contributed by atoms with Crippen LogP contribution >= 0.6 is 0 Å². The van der Waals surface area contributed by atoms with Crippen molar-refractivity contribution in [3.63, 3.8) is 0 Å². The minimum atomic E-state index is -3.22. The molecule has 1 aliphatic rings. The largest absolute Gasteiger partial charge is 0.350 e. The first-order valence-corrected chi connectivity index (χ1v) is 8.61. The molecule has 116 valence electrons. The highest BCUT2D eigenvalue weighted by atomic mass is 32.2. The first-order chi connectivity index (χ1) is 9.94. The summed E-state index contributed by atoms with van der Waals surface area (Å²) in [6.07, 6.45) is 0.623. The van der Waals surface area contributed by atoms with E-state index in [1.807, 2.05) is 14.0 Å². The van der Waals surface area contributed by atoms with Crippen molar-refractivity contribution in [2.24, 2.45) is 0 Å². The van der Waals surface area contributed by atoms with Gasteiger partial charge in [0.25, 0.3) is 5.91 Å². The first-order valence-electron chi connectivity index (χ1n) is 7.00. The number of anilines is 1. The maximum absolute atomic E-state index is 12.1. The molecule has 1 saturated heterocycles. The van der Waals surface area contributed by atoms with Crippen LogP contribution in [-0.2, 0) is 10.0 Å². The van der Waals surface area contributed by atoms with Crippen molar-refractivity contribution in [1.82, 2.24) is 10.6 Å². The van der Waals surface area contributed by atoms with Crippen LogP contribution in [0.2, 0.25) is 0 Å². The number of hydrogen-bond donors (Lipinski definition) is 2. The van der Waals surface area contributed by atoms with Crippen molar-refractivity contribution in [1.29, 1.82) is 0 Å². The molecule has 1 amide bonds. The number of hydrogen-bond acceptors (Lipinski definition) is 4. The number of nitrogens with zero attached hydrogens (tertiary/aromatic N) is 1. The summed E-state index contributed by atoms with van der Waals surface area (Å²) in [6.45, 7) is 2.96. The topological polar surface area (TPSA) is 78.5 Å². The molecule has 1 atom stereocenters. The van der Waals surface area contributed by atoms with Crippen molar-refractivity contribution in [2.75, 3.05) is 30.2 Å². The fraction of sp³-hybridized carbons (Fsp3) is 0.500. The van der Waals surface area contributed by atoms with Gasteiger partial charge in [-0.15, -0.1) is 0 Å². The summed E-state index contributed by atoms with van der Waals surface area (Å²) in [5.74, 6) is -0.0288. The van der Waals surface area contributed by atoms with Crippen molar-refractivity contribution in [2.45, 2.75) is 19.4 Å². The monoisotopic (exact) mass is 311 g/mol. The Morgan fingerprint density at radius 1 is 1.43 bits per heavy atom. The third kappa shape index (κ3) is 3.74. The predicted molar refractivity (Wildman–Crippen MR) is 83.0 cm³/mol. The zero-order chi connectivity index (χ0) is 15.5. The van der Waals surface area contributed by atoms with E-state index < -0.39 is 10.0 Å². The Labute approximate surface area is 125 Å². The number of nitrogens with one attached hydrogen (secondary N) is 2. The summed E-state index contributed by atoms with van der Waals surface area (Å²) in [5.41, 5.74) is 1.03. The molecule has 2 rings (SSSR count). The molecule has 6 nitrogen and oxygen atoms in total. The van der Waals surface area contributed by atoms with E-state index in [2.05, 4.69) is 10.6 Å². The first kappa shape index (κ1) is 15.8. The minimum Gasteiger partial charge on any atom is -0.350 e. The quantitative estimate of drug-likeness (QED) is 0.833. The van der Waals surface area contributed by atoms with Gasteiger partial charge in [-0.25, -0.2) is 8.42 Å². The van der Waals surface area contributed by atoms with E-state index in [0.29, 0.717) is 30.8 Å². The number of carbonyl (C=O) groups excluding carboxylic acids is 1. The van der Waals surface area contributed by atoms with Gasteiger partial charge < -0.3 is 10.6 Å². The number of rotatable bonds is 5. The molecule has 0 aromatic heterocycles. The fourth-order valence-corrected chi connectivity index (χ4v) is 3.74. The summed E-state index contributed by atoms with van der Waals surface area (Å²) in [6, 6.07) is 6.92. The van der Waals surface area contributed by atoms with E-state index in [0.717, 1.165) is 0 Å².